The second-order valence-corrected chi connectivity index (χ2v) is 8.26. The van der Waals surface area contributed by atoms with Gasteiger partial charge in [-0.1, -0.05) is 6.58 Å². The van der Waals surface area contributed by atoms with Gasteiger partial charge in [0.2, 0.25) is 0 Å². The minimum absolute atomic E-state index is 0.243. The molecule has 0 unspecified atom stereocenters. The lowest BCUT2D eigenvalue weighted by atomic mass is 9.92. The van der Waals surface area contributed by atoms with Crippen LogP contribution in [-0.4, -0.2) is 24.7 Å². The number of halogens is 3. The van der Waals surface area contributed by atoms with Crippen LogP contribution in [0, 0.1) is 10.7 Å². The average molecular weight is 610 g/mol. The molecule has 1 aliphatic rings. The molecular weight excluding hydrogens is 595 g/mol. The van der Waals surface area contributed by atoms with E-state index in [1.807, 2.05) is 6.07 Å². The summed E-state index contributed by atoms with van der Waals surface area (Å²) in [4.78, 5) is 12.5. The first kappa shape index (κ1) is 16.9. The van der Waals surface area contributed by atoms with E-state index in [4.69, 9.17) is 4.74 Å². The minimum Gasteiger partial charge on any atom is -0.451 e. The van der Waals surface area contributed by atoms with E-state index in [0.717, 1.165) is 36.6 Å². The second-order valence-electron chi connectivity index (χ2n) is 4.77. The van der Waals surface area contributed by atoms with E-state index >= 15 is 0 Å². The van der Waals surface area contributed by atoms with Gasteiger partial charge in [-0.2, -0.15) is 0 Å². The molecule has 108 valence electrons. The minimum atomic E-state index is -0.498. The Balaban J connectivity index is 2.25. The predicted molar refractivity (Wildman–Crippen MR) is 104 cm³/mol. The summed E-state index contributed by atoms with van der Waals surface area (Å²) in [6, 6.07) is 3.94. The molecule has 1 saturated heterocycles. The Hall–Kier alpha value is 0.580. The maximum absolute atomic E-state index is 12.5. The van der Waals surface area contributed by atoms with E-state index in [9.17, 15) is 4.79 Å². The molecule has 0 aromatic heterocycles. The van der Waals surface area contributed by atoms with E-state index in [-0.39, 0.29) is 5.97 Å². The first-order chi connectivity index (χ1) is 9.47. The van der Waals surface area contributed by atoms with Gasteiger partial charge in [0, 0.05) is 23.6 Å². The number of esters is 1. The highest BCUT2D eigenvalue weighted by Gasteiger charge is 2.35. The fourth-order valence-electron chi connectivity index (χ4n) is 2.25. The third kappa shape index (κ3) is 3.86. The summed E-state index contributed by atoms with van der Waals surface area (Å²) in [6.45, 7) is 5.81. The van der Waals surface area contributed by atoms with Crippen LogP contribution in [0.1, 0.15) is 23.2 Å². The molecule has 0 aliphatic carbocycles. The molecule has 2 rings (SSSR count). The van der Waals surface area contributed by atoms with Crippen LogP contribution in [0.3, 0.4) is 0 Å². The summed E-state index contributed by atoms with van der Waals surface area (Å²) >= 11 is 6.68. The zero-order valence-electron chi connectivity index (χ0n) is 10.8. The third-order valence-corrected chi connectivity index (χ3v) is 7.09. The number of carbonyl (C=O) groups is 1. The van der Waals surface area contributed by atoms with Crippen LogP contribution >= 0.6 is 67.8 Å². The van der Waals surface area contributed by atoms with Gasteiger partial charge >= 0.3 is 5.97 Å². The molecule has 3 nitrogen and oxygen atoms in total. The first-order valence-electron chi connectivity index (χ1n) is 6.30. The highest BCUT2D eigenvalue weighted by Crippen LogP contribution is 2.28. The summed E-state index contributed by atoms with van der Waals surface area (Å²) in [6.07, 6.45) is 3.46. The lowest BCUT2D eigenvalue weighted by Gasteiger charge is -2.32. The number of nitrogens with two attached hydrogens (primary N) is 1. The molecule has 0 bridgehead atoms. The molecule has 2 N–H and O–H groups in total. The molecule has 1 fully saturated rings. The third-order valence-electron chi connectivity index (χ3n) is 3.42. The van der Waals surface area contributed by atoms with Crippen LogP contribution in [0.25, 0.3) is 0 Å². The van der Waals surface area contributed by atoms with E-state index in [1.165, 1.54) is 0 Å². The van der Waals surface area contributed by atoms with Crippen LogP contribution in [0.5, 0.6) is 0 Å². The Kier molecular flexibility index (Phi) is 6.12. The highest BCUT2D eigenvalue weighted by molar-refractivity contribution is 14.1. The van der Waals surface area contributed by atoms with E-state index in [1.54, 1.807) is 6.08 Å². The van der Waals surface area contributed by atoms with Crippen molar-refractivity contribution in [2.75, 3.05) is 13.1 Å². The van der Waals surface area contributed by atoms with Gasteiger partial charge in [-0.25, -0.2) is 4.79 Å². The van der Waals surface area contributed by atoms with Gasteiger partial charge in [-0.3, -0.25) is 0 Å². The molecule has 0 amide bonds. The normalized spacial score (nSPS) is 17.6. The molecule has 20 heavy (non-hydrogen) atoms. The molecule has 1 heterocycles. The Bertz CT molecular complexity index is 539. The quantitative estimate of drug-likeness (QED) is 0.248. The van der Waals surface area contributed by atoms with Gasteiger partial charge in [-0.05, 0) is 86.0 Å². The molecule has 1 aromatic carbocycles. The number of ether oxygens (including phenoxy) is 1. The van der Waals surface area contributed by atoms with Gasteiger partial charge in [-0.15, -0.1) is 0 Å². The maximum Gasteiger partial charge on any atom is 0.340 e. The zero-order chi connectivity index (χ0) is 14.8. The molecule has 6 heteroatoms. The van der Waals surface area contributed by atoms with Crippen molar-refractivity contribution >= 4 is 73.7 Å². The van der Waals surface area contributed by atoms with Crippen LogP contribution in [-0.2, 0) is 4.74 Å². The summed E-state index contributed by atoms with van der Waals surface area (Å²) in [7, 11) is 0. The van der Waals surface area contributed by atoms with E-state index in [0.29, 0.717) is 5.56 Å². The Morgan fingerprint density at radius 2 is 1.95 bits per heavy atom. The number of hydrogen-bond acceptors (Lipinski definition) is 2. The summed E-state index contributed by atoms with van der Waals surface area (Å²) in [5, 5.41) is 2.24. The molecular formula is C14H15I3NO2+. The van der Waals surface area contributed by atoms with Crippen LogP contribution in [0.15, 0.2) is 24.8 Å². The van der Waals surface area contributed by atoms with Gasteiger partial charge in [0.15, 0.2) is 0 Å². The van der Waals surface area contributed by atoms with Crippen molar-refractivity contribution in [2.45, 2.75) is 18.4 Å². The Labute approximate surface area is 159 Å². The van der Waals surface area contributed by atoms with E-state index in [2.05, 4.69) is 85.7 Å². The van der Waals surface area contributed by atoms with Gasteiger partial charge in [0.05, 0.1) is 18.7 Å². The van der Waals surface area contributed by atoms with Crippen molar-refractivity contribution in [1.29, 1.82) is 0 Å². The average Bonchev–Trinajstić information content (AvgIpc) is 2.43. The summed E-state index contributed by atoms with van der Waals surface area (Å²) in [5.74, 6) is -0.243. The molecule has 1 aliphatic heterocycles. The molecule has 0 atom stereocenters. The zero-order valence-corrected chi connectivity index (χ0v) is 17.3. The molecule has 0 radical (unpaired) electrons. The van der Waals surface area contributed by atoms with Crippen LogP contribution in [0.2, 0.25) is 0 Å². The molecule has 0 spiro atoms. The van der Waals surface area contributed by atoms with Crippen molar-refractivity contribution in [1.82, 2.24) is 0 Å². The van der Waals surface area contributed by atoms with Crippen molar-refractivity contribution in [3.8, 4) is 0 Å². The number of carbonyl (C=O) groups excluding carboxylic acids is 1. The second kappa shape index (κ2) is 7.23. The van der Waals surface area contributed by atoms with Crippen LogP contribution in [0.4, 0.5) is 0 Å². The lowest BCUT2D eigenvalue weighted by molar-refractivity contribution is -0.666. The van der Waals surface area contributed by atoms with Gasteiger partial charge < -0.3 is 10.1 Å². The Morgan fingerprint density at radius 1 is 1.30 bits per heavy atom. The maximum atomic E-state index is 12.5. The van der Waals surface area contributed by atoms with Crippen molar-refractivity contribution in [3.63, 3.8) is 0 Å². The molecule has 0 saturated carbocycles. The molecule has 1 aromatic rings. The number of hydrogen-bond donors (Lipinski definition) is 1. The summed E-state index contributed by atoms with van der Waals surface area (Å²) < 4.78 is 8.89. The van der Waals surface area contributed by atoms with Gasteiger partial charge in [0.1, 0.15) is 5.60 Å². The number of quaternary nitrogens is 1. The Morgan fingerprint density at radius 3 is 2.55 bits per heavy atom. The van der Waals surface area contributed by atoms with Gasteiger partial charge in [0.25, 0.3) is 0 Å². The summed E-state index contributed by atoms with van der Waals surface area (Å²) in [5.41, 5.74) is 0.152. The topological polar surface area (TPSA) is 42.9 Å². The SMILES string of the molecule is C=CC1(OC(=O)c2cc(I)cc(I)c2I)CC[NH2+]CC1. The van der Waals surface area contributed by atoms with Crippen molar-refractivity contribution in [2.24, 2.45) is 0 Å². The lowest BCUT2D eigenvalue weighted by Crippen LogP contribution is -2.87. The monoisotopic (exact) mass is 610 g/mol. The smallest absolute Gasteiger partial charge is 0.340 e. The number of rotatable bonds is 3. The van der Waals surface area contributed by atoms with Crippen molar-refractivity contribution < 1.29 is 14.8 Å². The fourth-order valence-corrected chi connectivity index (χ4v) is 4.63. The standard InChI is InChI=1S/C14H14I3NO2/c1-2-14(3-5-18-6-4-14)20-13(19)10-7-9(15)8-11(16)12(10)17/h2,7-8,18H,1,3-6H2/p+1. The van der Waals surface area contributed by atoms with E-state index < -0.39 is 5.60 Å². The van der Waals surface area contributed by atoms with Crippen LogP contribution < -0.4 is 5.32 Å². The number of piperidine rings is 1. The largest absolute Gasteiger partial charge is 0.451 e. The highest BCUT2D eigenvalue weighted by atomic mass is 127. The predicted octanol–water partition coefficient (Wildman–Crippen LogP) is 2.94. The fraction of sp³-hybridized carbons (Fsp3) is 0.357. The first-order valence-corrected chi connectivity index (χ1v) is 9.54. The van der Waals surface area contributed by atoms with Crippen molar-refractivity contribution in [3.05, 3.63) is 41.1 Å². The number of benzene rings is 1.